The summed E-state index contributed by atoms with van der Waals surface area (Å²) in [5.74, 6) is 0. The molecule has 0 heterocycles. The number of aryl methyl sites for hydroxylation is 1. The second kappa shape index (κ2) is 6.56. The van der Waals surface area contributed by atoms with Crippen molar-refractivity contribution in [2.45, 2.75) is 65.3 Å². The summed E-state index contributed by atoms with van der Waals surface area (Å²) in [6.07, 6.45) is 8.15. The van der Waals surface area contributed by atoms with Gasteiger partial charge in [0.15, 0.2) is 0 Å². The summed E-state index contributed by atoms with van der Waals surface area (Å²) >= 11 is 0. The maximum Gasteiger partial charge on any atom is 0.0374 e. The molecule has 1 fully saturated rings. The zero-order chi connectivity index (χ0) is 13.7. The third kappa shape index (κ3) is 3.60. The minimum atomic E-state index is 0.433. The van der Waals surface area contributed by atoms with Crippen molar-refractivity contribution >= 4 is 0 Å². The van der Waals surface area contributed by atoms with Gasteiger partial charge in [-0.3, -0.25) is 0 Å². The molecular weight excluding hydrogens is 230 g/mol. The largest absolute Gasteiger partial charge is 0.309 e. The molecule has 1 aliphatic carbocycles. The van der Waals surface area contributed by atoms with Crippen molar-refractivity contribution < 1.29 is 0 Å². The van der Waals surface area contributed by atoms with E-state index in [2.05, 4.69) is 50.4 Å². The number of rotatable bonds is 5. The van der Waals surface area contributed by atoms with Crippen LogP contribution in [0.15, 0.2) is 24.3 Å². The minimum Gasteiger partial charge on any atom is -0.309 e. The average molecular weight is 259 g/mol. The standard InChI is InChI=1S/C18H29N/c1-4-14-19-17(16-10-8-15(2)9-11-16)18(3)12-6-5-7-13-18/h8-11,17,19H,4-7,12-14H2,1-3H3. The van der Waals surface area contributed by atoms with Crippen LogP contribution in [0.3, 0.4) is 0 Å². The van der Waals surface area contributed by atoms with Crippen molar-refractivity contribution in [2.24, 2.45) is 5.41 Å². The zero-order valence-electron chi connectivity index (χ0n) is 12.8. The molecule has 1 aromatic rings. The van der Waals surface area contributed by atoms with Crippen molar-refractivity contribution in [1.82, 2.24) is 5.32 Å². The number of nitrogens with one attached hydrogen (secondary N) is 1. The van der Waals surface area contributed by atoms with E-state index in [1.54, 1.807) is 0 Å². The molecule has 1 atom stereocenters. The van der Waals surface area contributed by atoms with E-state index in [-0.39, 0.29) is 0 Å². The van der Waals surface area contributed by atoms with Gasteiger partial charge in [0.25, 0.3) is 0 Å². The monoisotopic (exact) mass is 259 g/mol. The van der Waals surface area contributed by atoms with Gasteiger partial charge in [0.2, 0.25) is 0 Å². The third-order valence-corrected chi connectivity index (χ3v) is 4.70. The molecule has 1 aromatic carbocycles. The number of benzene rings is 1. The van der Waals surface area contributed by atoms with Crippen molar-refractivity contribution in [2.75, 3.05) is 6.54 Å². The highest BCUT2D eigenvalue weighted by molar-refractivity contribution is 5.26. The predicted octanol–water partition coefficient (Wildman–Crippen LogP) is 5.01. The van der Waals surface area contributed by atoms with Crippen LogP contribution < -0.4 is 5.32 Å². The molecule has 106 valence electrons. The highest BCUT2D eigenvalue weighted by Crippen LogP contribution is 2.45. The van der Waals surface area contributed by atoms with E-state index in [9.17, 15) is 0 Å². The Balaban J connectivity index is 2.21. The van der Waals surface area contributed by atoms with Crippen LogP contribution in [0.25, 0.3) is 0 Å². The molecule has 2 rings (SSSR count). The van der Waals surface area contributed by atoms with Gasteiger partial charge in [0.05, 0.1) is 0 Å². The van der Waals surface area contributed by atoms with Crippen molar-refractivity contribution in [1.29, 1.82) is 0 Å². The Morgan fingerprint density at radius 3 is 2.32 bits per heavy atom. The summed E-state index contributed by atoms with van der Waals surface area (Å²) < 4.78 is 0. The second-order valence-electron chi connectivity index (χ2n) is 6.51. The molecule has 1 aliphatic rings. The van der Waals surface area contributed by atoms with Gasteiger partial charge in [0, 0.05) is 6.04 Å². The molecule has 0 radical (unpaired) electrons. The normalized spacial score (nSPS) is 20.2. The van der Waals surface area contributed by atoms with Crippen LogP contribution in [-0.2, 0) is 0 Å². The molecule has 0 bridgehead atoms. The van der Waals surface area contributed by atoms with E-state index in [0.29, 0.717) is 11.5 Å². The molecule has 1 unspecified atom stereocenters. The van der Waals surface area contributed by atoms with Crippen LogP contribution in [0.2, 0.25) is 0 Å². The van der Waals surface area contributed by atoms with Crippen LogP contribution >= 0.6 is 0 Å². The lowest BCUT2D eigenvalue weighted by molar-refractivity contribution is 0.144. The molecule has 0 aromatic heterocycles. The highest BCUT2D eigenvalue weighted by atomic mass is 14.9. The van der Waals surface area contributed by atoms with Crippen molar-refractivity contribution in [3.05, 3.63) is 35.4 Å². The topological polar surface area (TPSA) is 12.0 Å². The molecule has 0 aliphatic heterocycles. The van der Waals surface area contributed by atoms with Crippen molar-refractivity contribution in [3.8, 4) is 0 Å². The molecule has 0 spiro atoms. The maximum atomic E-state index is 3.82. The maximum absolute atomic E-state index is 3.82. The summed E-state index contributed by atoms with van der Waals surface area (Å²) in [5, 5.41) is 3.82. The molecule has 19 heavy (non-hydrogen) atoms. The van der Waals surface area contributed by atoms with Crippen molar-refractivity contribution in [3.63, 3.8) is 0 Å². The number of hydrogen-bond donors (Lipinski definition) is 1. The van der Waals surface area contributed by atoms with Crippen LogP contribution in [0.5, 0.6) is 0 Å². The Morgan fingerprint density at radius 2 is 1.74 bits per heavy atom. The third-order valence-electron chi connectivity index (χ3n) is 4.70. The highest BCUT2D eigenvalue weighted by Gasteiger charge is 2.35. The predicted molar refractivity (Wildman–Crippen MR) is 83.4 cm³/mol. The minimum absolute atomic E-state index is 0.433. The van der Waals surface area contributed by atoms with E-state index in [1.165, 1.54) is 49.7 Å². The Kier molecular flexibility index (Phi) is 5.04. The molecule has 1 N–H and O–H groups in total. The van der Waals surface area contributed by atoms with Crippen LogP contribution in [-0.4, -0.2) is 6.54 Å². The van der Waals surface area contributed by atoms with Gasteiger partial charge in [0.1, 0.15) is 0 Å². The fraction of sp³-hybridized carbons (Fsp3) is 0.667. The first-order valence-corrected chi connectivity index (χ1v) is 7.96. The molecule has 1 saturated carbocycles. The lowest BCUT2D eigenvalue weighted by Crippen LogP contribution is -2.38. The van der Waals surface area contributed by atoms with E-state index >= 15 is 0 Å². The van der Waals surface area contributed by atoms with Crippen LogP contribution in [0.4, 0.5) is 0 Å². The average Bonchev–Trinajstić information content (AvgIpc) is 2.42. The smallest absolute Gasteiger partial charge is 0.0374 e. The van der Waals surface area contributed by atoms with Gasteiger partial charge in [-0.2, -0.15) is 0 Å². The van der Waals surface area contributed by atoms with Gasteiger partial charge in [-0.15, -0.1) is 0 Å². The molecule has 0 amide bonds. The molecular formula is C18H29N. The number of hydrogen-bond acceptors (Lipinski definition) is 1. The molecule has 1 heteroatoms. The van der Waals surface area contributed by atoms with Gasteiger partial charge in [-0.1, -0.05) is 62.9 Å². The Hall–Kier alpha value is -0.820. The van der Waals surface area contributed by atoms with Gasteiger partial charge < -0.3 is 5.32 Å². The van der Waals surface area contributed by atoms with Crippen LogP contribution in [0, 0.1) is 12.3 Å². The van der Waals surface area contributed by atoms with Crippen LogP contribution in [0.1, 0.15) is 69.5 Å². The Labute approximate surface area is 118 Å². The summed E-state index contributed by atoms with van der Waals surface area (Å²) in [5.41, 5.74) is 3.26. The second-order valence-corrected chi connectivity index (χ2v) is 6.51. The lowest BCUT2D eigenvalue weighted by atomic mass is 9.68. The SMILES string of the molecule is CCCNC(c1ccc(C)cc1)C1(C)CCCCC1. The van der Waals surface area contributed by atoms with E-state index in [4.69, 9.17) is 0 Å². The molecule has 0 saturated heterocycles. The quantitative estimate of drug-likeness (QED) is 0.784. The molecule has 1 nitrogen and oxygen atoms in total. The summed E-state index contributed by atoms with van der Waals surface area (Å²) in [6.45, 7) is 8.02. The first-order chi connectivity index (χ1) is 9.15. The summed E-state index contributed by atoms with van der Waals surface area (Å²) in [6, 6.07) is 9.67. The first-order valence-electron chi connectivity index (χ1n) is 7.96. The fourth-order valence-electron chi connectivity index (χ4n) is 3.46. The lowest BCUT2D eigenvalue weighted by Gasteiger charge is -2.41. The Morgan fingerprint density at radius 1 is 1.11 bits per heavy atom. The first kappa shape index (κ1) is 14.6. The van der Waals surface area contributed by atoms with E-state index in [1.807, 2.05) is 0 Å². The van der Waals surface area contributed by atoms with E-state index in [0.717, 1.165) is 6.54 Å². The Bertz CT molecular complexity index is 373. The summed E-state index contributed by atoms with van der Waals surface area (Å²) in [4.78, 5) is 0. The van der Waals surface area contributed by atoms with E-state index < -0.39 is 0 Å². The van der Waals surface area contributed by atoms with Gasteiger partial charge in [-0.05, 0) is 43.7 Å². The summed E-state index contributed by atoms with van der Waals surface area (Å²) in [7, 11) is 0. The zero-order valence-corrected chi connectivity index (χ0v) is 12.8. The van der Waals surface area contributed by atoms with Gasteiger partial charge >= 0.3 is 0 Å². The fourth-order valence-corrected chi connectivity index (χ4v) is 3.46. The van der Waals surface area contributed by atoms with Gasteiger partial charge in [-0.25, -0.2) is 0 Å².